The molecule has 1 fully saturated rings. The Bertz CT molecular complexity index is 470. The summed E-state index contributed by atoms with van der Waals surface area (Å²) in [6.07, 6.45) is 1.01. The highest BCUT2D eigenvalue weighted by Crippen LogP contribution is 2.20. The molecule has 1 aromatic carbocycles. The van der Waals surface area contributed by atoms with Gasteiger partial charge in [0, 0.05) is 17.6 Å². The van der Waals surface area contributed by atoms with Crippen molar-refractivity contribution in [2.75, 3.05) is 6.54 Å². The average molecular weight is 331 g/mol. The number of ether oxygens (including phenoxy) is 1. The number of hydrogen-bond acceptors (Lipinski definition) is 3. The fraction of sp³-hybridized carbons (Fsp3) is 0.462. The van der Waals surface area contributed by atoms with E-state index in [1.54, 1.807) is 6.07 Å². The number of halogens is 2. The van der Waals surface area contributed by atoms with E-state index in [-0.39, 0.29) is 24.4 Å². The van der Waals surface area contributed by atoms with Gasteiger partial charge in [0.25, 0.3) is 0 Å². The Balaban J connectivity index is 1.88. The molecule has 0 saturated carbocycles. The molecule has 6 heteroatoms. The lowest BCUT2D eigenvalue weighted by atomic mass is 10.2. The maximum Gasteiger partial charge on any atom is 0.249 e. The molecule has 0 aromatic heterocycles. The van der Waals surface area contributed by atoms with Gasteiger partial charge in [-0.15, -0.1) is 0 Å². The summed E-state index contributed by atoms with van der Waals surface area (Å²) in [6.45, 7) is 0.698. The molecule has 19 heavy (non-hydrogen) atoms. The monoisotopic (exact) mass is 330 g/mol. The van der Waals surface area contributed by atoms with E-state index in [2.05, 4.69) is 21.2 Å². The molecule has 1 aromatic rings. The van der Waals surface area contributed by atoms with E-state index in [4.69, 9.17) is 10.5 Å². The van der Waals surface area contributed by atoms with Crippen LogP contribution in [0.3, 0.4) is 0 Å². The van der Waals surface area contributed by atoms with Gasteiger partial charge in [0.1, 0.15) is 11.9 Å². The zero-order chi connectivity index (χ0) is 13.8. The Morgan fingerprint density at radius 3 is 3.00 bits per heavy atom. The number of nitrogens with two attached hydrogens (primary N) is 1. The van der Waals surface area contributed by atoms with E-state index >= 15 is 0 Å². The van der Waals surface area contributed by atoms with E-state index in [9.17, 15) is 9.18 Å². The Kier molecular flexibility index (Phi) is 4.90. The molecule has 2 unspecified atom stereocenters. The highest BCUT2D eigenvalue weighted by atomic mass is 79.9. The first-order valence-electron chi connectivity index (χ1n) is 6.17. The summed E-state index contributed by atoms with van der Waals surface area (Å²) < 4.78 is 19.4. The zero-order valence-electron chi connectivity index (χ0n) is 10.4. The Hall–Kier alpha value is -0.980. The van der Waals surface area contributed by atoms with Gasteiger partial charge in [-0.25, -0.2) is 4.39 Å². The number of carbonyl (C=O) groups is 1. The zero-order valence-corrected chi connectivity index (χ0v) is 12.0. The van der Waals surface area contributed by atoms with E-state index in [0.717, 1.165) is 10.9 Å². The maximum atomic E-state index is 13.1. The molecule has 2 atom stereocenters. The molecule has 0 spiro atoms. The predicted molar refractivity (Wildman–Crippen MR) is 72.9 cm³/mol. The van der Waals surface area contributed by atoms with Crippen LogP contribution in [-0.2, 0) is 16.1 Å². The first-order valence-corrected chi connectivity index (χ1v) is 6.96. The van der Waals surface area contributed by atoms with Crippen molar-refractivity contribution in [3.8, 4) is 0 Å². The summed E-state index contributed by atoms with van der Waals surface area (Å²) in [4.78, 5) is 11.9. The van der Waals surface area contributed by atoms with Crippen LogP contribution in [0.1, 0.15) is 18.4 Å². The normalized spacial score (nSPS) is 22.5. The first-order chi connectivity index (χ1) is 9.10. The molecule has 4 nitrogen and oxygen atoms in total. The quantitative estimate of drug-likeness (QED) is 0.883. The van der Waals surface area contributed by atoms with Crippen LogP contribution in [-0.4, -0.2) is 24.7 Å². The van der Waals surface area contributed by atoms with Crippen LogP contribution in [0, 0.1) is 5.82 Å². The van der Waals surface area contributed by atoms with Crippen molar-refractivity contribution < 1.29 is 13.9 Å². The van der Waals surface area contributed by atoms with Crippen molar-refractivity contribution in [3.05, 3.63) is 34.1 Å². The van der Waals surface area contributed by atoms with Gasteiger partial charge in [0.2, 0.25) is 5.91 Å². The number of carbonyl (C=O) groups excluding carboxylic acids is 1. The van der Waals surface area contributed by atoms with Gasteiger partial charge in [0.05, 0.1) is 6.10 Å². The van der Waals surface area contributed by atoms with Gasteiger partial charge in [-0.1, -0.05) is 15.9 Å². The van der Waals surface area contributed by atoms with Gasteiger partial charge >= 0.3 is 0 Å². The molecule has 1 saturated heterocycles. The van der Waals surface area contributed by atoms with Crippen LogP contribution in [0.15, 0.2) is 22.7 Å². The molecule has 0 radical (unpaired) electrons. The minimum atomic E-state index is -0.444. The standard InChI is InChI=1S/C13H16BrFN2O2/c14-11-3-1-9(15)5-8(11)7-17-13(18)12-4-2-10(6-16)19-12/h1,3,5,10,12H,2,4,6-7,16H2,(H,17,18). The second kappa shape index (κ2) is 6.45. The van der Waals surface area contributed by atoms with Crippen LogP contribution in [0.25, 0.3) is 0 Å². The summed E-state index contributed by atoms with van der Waals surface area (Å²) in [7, 11) is 0. The smallest absolute Gasteiger partial charge is 0.249 e. The Labute approximate surface area is 119 Å². The highest BCUT2D eigenvalue weighted by molar-refractivity contribution is 9.10. The lowest BCUT2D eigenvalue weighted by Gasteiger charge is -2.13. The summed E-state index contributed by atoms with van der Waals surface area (Å²) >= 11 is 3.32. The molecular formula is C13H16BrFN2O2. The van der Waals surface area contributed by atoms with Crippen LogP contribution < -0.4 is 11.1 Å². The number of hydrogen-bond donors (Lipinski definition) is 2. The Morgan fingerprint density at radius 1 is 1.53 bits per heavy atom. The topological polar surface area (TPSA) is 64.4 Å². The summed E-state index contributed by atoms with van der Waals surface area (Å²) in [5.74, 6) is -0.500. The Morgan fingerprint density at radius 2 is 2.32 bits per heavy atom. The van der Waals surface area contributed by atoms with Crippen molar-refractivity contribution in [1.29, 1.82) is 0 Å². The second-order valence-electron chi connectivity index (χ2n) is 4.51. The number of nitrogens with one attached hydrogen (secondary N) is 1. The van der Waals surface area contributed by atoms with Gasteiger partial charge in [-0.3, -0.25) is 4.79 Å². The number of rotatable bonds is 4. The fourth-order valence-corrected chi connectivity index (χ4v) is 2.43. The lowest BCUT2D eigenvalue weighted by molar-refractivity contribution is -0.132. The van der Waals surface area contributed by atoms with E-state index in [1.165, 1.54) is 12.1 Å². The van der Waals surface area contributed by atoms with Gasteiger partial charge in [-0.2, -0.15) is 0 Å². The van der Waals surface area contributed by atoms with Crippen LogP contribution in [0.4, 0.5) is 4.39 Å². The van der Waals surface area contributed by atoms with Crippen LogP contribution >= 0.6 is 15.9 Å². The first kappa shape index (κ1) is 14.4. The molecule has 104 valence electrons. The molecule has 1 heterocycles. The molecule has 0 aliphatic carbocycles. The van der Waals surface area contributed by atoms with Crippen LogP contribution in [0.5, 0.6) is 0 Å². The third kappa shape index (κ3) is 3.75. The minimum Gasteiger partial charge on any atom is -0.364 e. The fourth-order valence-electron chi connectivity index (χ4n) is 2.05. The minimum absolute atomic E-state index is 0.0309. The third-order valence-corrected chi connectivity index (χ3v) is 3.90. The van der Waals surface area contributed by atoms with Crippen molar-refractivity contribution in [2.45, 2.75) is 31.6 Å². The molecular weight excluding hydrogens is 315 g/mol. The highest BCUT2D eigenvalue weighted by Gasteiger charge is 2.29. The predicted octanol–water partition coefficient (Wildman–Crippen LogP) is 1.71. The lowest BCUT2D eigenvalue weighted by Crippen LogP contribution is -2.35. The van der Waals surface area contributed by atoms with Crippen molar-refractivity contribution in [2.24, 2.45) is 5.73 Å². The van der Waals surface area contributed by atoms with Crippen molar-refractivity contribution in [3.63, 3.8) is 0 Å². The third-order valence-electron chi connectivity index (χ3n) is 3.12. The maximum absolute atomic E-state index is 13.1. The molecule has 2 rings (SSSR count). The van der Waals surface area contributed by atoms with E-state index in [1.807, 2.05) is 0 Å². The van der Waals surface area contributed by atoms with E-state index < -0.39 is 6.10 Å². The van der Waals surface area contributed by atoms with E-state index in [0.29, 0.717) is 18.5 Å². The molecule has 1 aliphatic rings. The van der Waals surface area contributed by atoms with Gasteiger partial charge < -0.3 is 15.8 Å². The van der Waals surface area contributed by atoms with Gasteiger partial charge in [0.15, 0.2) is 0 Å². The largest absolute Gasteiger partial charge is 0.364 e. The molecule has 1 amide bonds. The van der Waals surface area contributed by atoms with Crippen LogP contribution in [0.2, 0.25) is 0 Å². The average Bonchev–Trinajstić information content (AvgIpc) is 2.88. The second-order valence-corrected chi connectivity index (χ2v) is 5.37. The van der Waals surface area contributed by atoms with Crippen molar-refractivity contribution in [1.82, 2.24) is 5.32 Å². The number of amides is 1. The summed E-state index contributed by atoms with van der Waals surface area (Å²) in [6, 6.07) is 4.37. The SMILES string of the molecule is NCC1CCC(C(=O)NCc2cc(F)ccc2Br)O1. The number of benzene rings is 1. The molecule has 0 bridgehead atoms. The molecule has 1 aliphatic heterocycles. The van der Waals surface area contributed by atoms with Crippen molar-refractivity contribution >= 4 is 21.8 Å². The summed E-state index contributed by atoms with van der Waals surface area (Å²) in [5, 5.41) is 2.75. The van der Waals surface area contributed by atoms with Gasteiger partial charge in [-0.05, 0) is 36.6 Å². The molecule has 3 N–H and O–H groups in total. The summed E-state index contributed by atoms with van der Waals surface area (Å²) in [5.41, 5.74) is 6.19.